The van der Waals surface area contributed by atoms with Crippen molar-refractivity contribution in [2.45, 2.75) is 33.7 Å². The molecule has 0 fully saturated rings. The molecule has 0 aromatic heterocycles. The first-order chi connectivity index (χ1) is 8.88. The lowest BCUT2D eigenvalue weighted by Gasteiger charge is -2.16. The Bertz CT molecular complexity index is 573. The molecule has 2 heteroatoms. The van der Waals surface area contributed by atoms with Gasteiger partial charge in [-0.15, -0.1) is 0 Å². The van der Waals surface area contributed by atoms with Gasteiger partial charge in [-0.1, -0.05) is 41.5 Å². The Morgan fingerprint density at radius 1 is 0.789 bits per heavy atom. The number of benzene rings is 2. The lowest BCUT2D eigenvalue weighted by atomic mass is 9.94. The molecule has 0 saturated carbocycles. The normalized spacial score (nSPS) is 12.5. The summed E-state index contributed by atoms with van der Waals surface area (Å²) in [7, 11) is 0. The molecule has 0 spiro atoms. The molecular weight excluding hydrogens is 237 g/mol. The smallest absolute Gasteiger partial charge is 0.129 e. The highest BCUT2D eigenvalue weighted by atomic mass is 19.1. The zero-order chi connectivity index (χ0) is 14.2. The number of hydrogen-bond acceptors (Lipinski definition) is 1. The molecule has 1 unspecified atom stereocenters. The Kier molecular flexibility index (Phi) is 3.72. The molecule has 0 saturated heterocycles. The molecule has 100 valence electrons. The second-order valence-corrected chi connectivity index (χ2v) is 5.37. The predicted molar refractivity (Wildman–Crippen MR) is 77.8 cm³/mol. The van der Waals surface area contributed by atoms with Crippen molar-refractivity contribution in [2.24, 2.45) is 5.73 Å². The molecule has 0 aliphatic heterocycles. The van der Waals surface area contributed by atoms with Gasteiger partial charge in [0.15, 0.2) is 0 Å². The zero-order valence-electron chi connectivity index (χ0n) is 11.9. The van der Waals surface area contributed by atoms with Crippen LogP contribution in [0.4, 0.5) is 4.39 Å². The number of hydrogen-bond donors (Lipinski definition) is 1. The van der Waals surface area contributed by atoms with E-state index in [1.807, 2.05) is 12.1 Å². The van der Waals surface area contributed by atoms with Gasteiger partial charge in [-0.3, -0.25) is 0 Å². The molecule has 2 aromatic carbocycles. The topological polar surface area (TPSA) is 26.0 Å². The van der Waals surface area contributed by atoms with E-state index in [1.54, 1.807) is 13.8 Å². The molecule has 1 atom stereocenters. The highest BCUT2D eigenvalue weighted by molar-refractivity contribution is 5.40. The van der Waals surface area contributed by atoms with Gasteiger partial charge in [0.25, 0.3) is 0 Å². The summed E-state index contributed by atoms with van der Waals surface area (Å²) in [6, 6.07) is 9.76. The quantitative estimate of drug-likeness (QED) is 0.861. The second-order valence-electron chi connectivity index (χ2n) is 5.37. The van der Waals surface area contributed by atoms with Crippen LogP contribution >= 0.6 is 0 Å². The summed E-state index contributed by atoms with van der Waals surface area (Å²) in [6.07, 6.45) is 0. The fourth-order valence-electron chi connectivity index (χ4n) is 2.54. The predicted octanol–water partition coefficient (Wildman–Crippen LogP) is 4.11. The van der Waals surface area contributed by atoms with E-state index >= 15 is 0 Å². The first kappa shape index (κ1) is 13.8. The minimum absolute atomic E-state index is 0.142. The van der Waals surface area contributed by atoms with E-state index in [1.165, 1.54) is 11.1 Å². The molecule has 0 heterocycles. The number of rotatable bonds is 2. The average Bonchev–Trinajstić information content (AvgIpc) is 2.33. The molecule has 2 N–H and O–H groups in total. The Morgan fingerprint density at radius 3 is 1.68 bits per heavy atom. The van der Waals surface area contributed by atoms with Crippen LogP contribution in [0.5, 0.6) is 0 Å². The lowest BCUT2D eigenvalue weighted by Crippen LogP contribution is -2.13. The first-order valence-corrected chi connectivity index (χ1v) is 6.49. The standard InChI is InChI=1S/C17H20FN/c1-10-5-11(2)7-14(6-10)17(19)15-8-12(3)16(18)13(4)9-15/h5-9,17H,19H2,1-4H3. The van der Waals surface area contributed by atoms with Crippen LogP contribution in [0.1, 0.15) is 39.4 Å². The van der Waals surface area contributed by atoms with Crippen molar-refractivity contribution in [1.29, 1.82) is 0 Å². The van der Waals surface area contributed by atoms with E-state index in [-0.39, 0.29) is 11.9 Å². The Hall–Kier alpha value is -1.67. The van der Waals surface area contributed by atoms with E-state index in [0.29, 0.717) is 11.1 Å². The Morgan fingerprint density at radius 2 is 1.21 bits per heavy atom. The Labute approximate surface area is 114 Å². The van der Waals surface area contributed by atoms with Gasteiger partial charge in [0.1, 0.15) is 5.82 Å². The van der Waals surface area contributed by atoms with Gasteiger partial charge in [-0.2, -0.15) is 0 Å². The van der Waals surface area contributed by atoms with Crippen LogP contribution in [0, 0.1) is 33.5 Å². The van der Waals surface area contributed by atoms with Crippen LogP contribution in [0.25, 0.3) is 0 Å². The van der Waals surface area contributed by atoms with Gasteiger partial charge in [0, 0.05) is 0 Å². The highest BCUT2D eigenvalue weighted by Gasteiger charge is 2.13. The second kappa shape index (κ2) is 5.14. The van der Waals surface area contributed by atoms with Crippen LogP contribution < -0.4 is 5.73 Å². The average molecular weight is 257 g/mol. The van der Waals surface area contributed by atoms with Gasteiger partial charge in [0.2, 0.25) is 0 Å². The summed E-state index contributed by atoms with van der Waals surface area (Å²) in [6.45, 7) is 7.68. The third-order valence-electron chi connectivity index (χ3n) is 3.42. The number of halogens is 1. The number of aryl methyl sites for hydroxylation is 4. The van der Waals surface area contributed by atoms with E-state index < -0.39 is 0 Å². The molecule has 2 rings (SSSR count). The van der Waals surface area contributed by atoms with Gasteiger partial charge < -0.3 is 5.73 Å². The molecule has 0 bridgehead atoms. The van der Waals surface area contributed by atoms with Crippen LogP contribution in [0.15, 0.2) is 30.3 Å². The summed E-state index contributed by atoms with van der Waals surface area (Å²) in [4.78, 5) is 0. The largest absolute Gasteiger partial charge is 0.320 e. The summed E-state index contributed by atoms with van der Waals surface area (Å²) < 4.78 is 13.7. The summed E-state index contributed by atoms with van der Waals surface area (Å²) in [5.74, 6) is -0.142. The molecule has 0 aliphatic rings. The molecule has 0 radical (unpaired) electrons. The van der Waals surface area contributed by atoms with Crippen molar-refractivity contribution in [3.05, 3.63) is 69.5 Å². The van der Waals surface area contributed by atoms with E-state index in [2.05, 4.69) is 32.0 Å². The summed E-state index contributed by atoms with van der Waals surface area (Å²) in [5, 5.41) is 0. The molecule has 2 aromatic rings. The minimum atomic E-state index is -0.211. The fourth-order valence-corrected chi connectivity index (χ4v) is 2.54. The van der Waals surface area contributed by atoms with E-state index in [4.69, 9.17) is 5.73 Å². The minimum Gasteiger partial charge on any atom is -0.320 e. The monoisotopic (exact) mass is 257 g/mol. The maximum Gasteiger partial charge on any atom is 0.129 e. The fraction of sp³-hybridized carbons (Fsp3) is 0.294. The summed E-state index contributed by atoms with van der Waals surface area (Å²) in [5.41, 5.74) is 12.0. The van der Waals surface area contributed by atoms with Gasteiger partial charge >= 0.3 is 0 Å². The molecule has 0 aliphatic carbocycles. The van der Waals surface area contributed by atoms with Crippen LogP contribution in [-0.2, 0) is 0 Å². The van der Waals surface area contributed by atoms with Crippen molar-refractivity contribution < 1.29 is 4.39 Å². The maximum absolute atomic E-state index is 13.7. The van der Waals surface area contributed by atoms with Gasteiger partial charge in [-0.25, -0.2) is 4.39 Å². The van der Waals surface area contributed by atoms with E-state index in [9.17, 15) is 4.39 Å². The van der Waals surface area contributed by atoms with Crippen LogP contribution in [0.3, 0.4) is 0 Å². The zero-order valence-corrected chi connectivity index (χ0v) is 11.9. The van der Waals surface area contributed by atoms with Crippen molar-refractivity contribution in [3.8, 4) is 0 Å². The lowest BCUT2D eigenvalue weighted by molar-refractivity contribution is 0.607. The van der Waals surface area contributed by atoms with Crippen LogP contribution in [-0.4, -0.2) is 0 Å². The molecular formula is C17H20FN. The number of nitrogens with two attached hydrogens (primary N) is 1. The highest BCUT2D eigenvalue weighted by Crippen LogP contribution is 2.25. The maximum atomic E-state index is 13.7. The van der Waals surface area contributed by atoms with Crippen molar-refractivity contribution in [1.82, 2.24) is 0 Å². The van der Waals surface area contributed by atoms with Crippen molar-refractivity contribution in [3.63, 3.8) is 0 Å². The molecule has 19 heavy (non-hydrogen) atoms. The van der Waals surface area contributed by atoms with E-state index in [0.717, 1.165) is 11.1 Å². The molecule has 1 nitrogen and oxygen atoms in total. The van der Waals surface area contributed by atoms with Crippen molar-refractivity contribution in [2.75, 3.05) is 0 Å². The first-order valence-electron chi connectivity index (χ1n) is 6.49. The SMILES string of the molecule is Cc1cc(C)cc(C(N)c2cc(C)c(F)c(C)c2)c1. The third-order valence-corrected chi connectivity index (χ3v) is 3.42. The third kappa shape index (κ3) is 2.85. The summed E-state index contributed by atoms with van der Waals surface area (Å²) >= 11 is 0. The molecule has 0 amide bonds. The van der Waals surface area contributed by atoms with Gasteiger partial charge in [-0.05, 0) is 49.9 Å². The van der Waals surface area contributed by atoms with Crippen molar-refractivity contribution >= 4 is 0 Å². The van der Waals surface area contributed by atoms with Gasteiger partial charge in [0.05, 0.1) is 6.04 Å². The Balaban J connectivity index is 2.46. The van der Waals surface area contributed by atoms with Crippen LogP contribution in [0.2, 0.25) is 0 Å².